The van der Waals surface area contributed by atoms with Crippen LogP contribution in [0, 0.1) is 5.92 Å². The maximum Gasteiger partial charge on any atom is 0.167 e. The molecule has 0 aliphatic carbocycles. The summed E-state index contributed by atoms with van der Waals surface area (Å²) in [7, 11) is 1.96. The van der Waals surface area contributed by atoms with Gasteiger partial charge < -0.3 is 9.67 Å². The van der Waals surface area contributed by atoms with Gasteiger partial charge in [-0.05, 0) is 12.8 Å². The summed E-state index contributed by atoms with van der Waals surface area (Å²) in [6.45, 7) is 5.92. The number of aliphatic hydroxyl groups is 1. The molecule has 14 heavy (non-hydrogen) atoms. The van der Waals surface area contributed by atoms with E-state index in [9.17, 15) is 5.11 Å². The number of hydrogen-bond donors (Lipinski definition) is 1. The second-order valence-electron chi connectivity index (χ2n) is 4.12. The van der Waals surface area contributed by atoms with Gasteiger partial charge in [-0.1, -0.05) is 25.6 Å². The van der Waals surface area contributed by atoms with E-state index in [1.54, 1.807) is 18.0 Å². The first-order valence-corrected chi connectivity index (χ1v) is 5.74. The number of aryl methyl sites for hydroxylation is 1. The number of hydrogen-bond acceptors (Lipinski definition) is 3. The predicted molar refractivity (Wildman–Crippen MR) is 59.4 cm³/mol. The van der Waals surface area contributed by atoms with Crippen LogP contribution in [0.2, 0.25) is 0 Å². The summed E-state index contributed by atoms with van der Waals surface area (Å²) in [5.74, 6) is 0.936. The van der Waals surface area contributed by atoms with Gasteiger partial charge in [0.15, 0.2) is 5.16 Å². The molecule has 1 atom stereocenters. The molecule has 1 aromatic heterocycles. The minimum Gasteiger partial charge on any atom is -0.389 e. The van der Waals surface area contributed by atoms with E-state index in [0.717, 1.165) is 5.16 Å². The zero-order valence-electron chi connectivity index (χ0n) is 9.19. The van der Waals surface area contributed by atoms with Crippen LogP contribution >= 0.6 is 11.8 Å². The third-order valence-corrected chi connectivity index (χ3v) is 3.89. The zero-order chi connectivity index (χ0) is 10.8. The van der Waals surface area contributed by atoms with Crippen LogP contribution in [0.15, 0.2) is 17.6 Å². The van der Waals surface area contributed by atoms with Crippen molar-refractivity contribution < 1.29 is 5.11 Å². The second kappa shape index (κ2) is 4.36. The van der Waals surface area contributed by atoms with Gasteiger partial charge in [-0.15, -0.1) is 0 Å². The highest BCUT2D eigenvalue weighted by molar-refractivity contribution is 7.99. The van der Waals surface area contributed by atoms with Crippen molar-refractivity contribution in [2.45, 2.75) is 31.5 Å². The second-order valence-corrected chi connectivity index (χ2v) is 5.06. The van der Waals surface area contributed by atoms with Gasteiger partial charge in [-0.25, -0.2) is 4.98 Å². The van der Waals surface area contributed by atoms with E-state index in [1.165, 1.54) is 0 Å². The molecule has 0 aliphatic rings. The quantitative estimate of drug-likeness (QED) is 0.778. The molecule has 1 heterocycles. The first-order valence-electron chi connectivity index (χ1n) is 4.76. The standard InChI is InChI=1S/C10H18N2OS/c1-8(2)10(3,13)7-14-9-11-5-6-12(9)4/h5-6,8,13H,7H2,1-4H3. The summed E-state index contributed by atoms with van der Waals surface area (Å²) in [6.07, 6.45) is 3.68. The average Bonchev–Trinajstić information content (AvgIpc) is 2.47. The molecule has 1 unspecified atom stereocenters. The van der Waals surface area contributed by atoms with Gasteiger partial charge >= 0.3 is 0 Å². The Kier molecular flexibility index (Phi) is 3.61. The molecule has 1 rings (SSSR count). The molecular formula is C10H18N2OS. The Labute approximate surface area is 89.5 Å². The lowest BCUT2D eigenvalue weighted by Crippen LogP contribution is -2.33. The minimum atomic E-state index is -0.628. The molecule has 4 heteroatoms. The maximum atomic E-state index is 10.0. The van der Waals surface area contributed by atoms with Gasteiger partial charge in [-0.2, -0.15) is 0 Å². The fraction of sp³-hybridized carbons (Fsp3) is 0.700. The fourth-order valence-electron chi connectivity index (χ4n) is 0.868. The van der Waals surface area contributed by atoms with Crippen molar-refractivity contribution in [1.82, 2.24) is 9.55 Å². The molecule has 0 radical (unpaired) electrons. The van der Waals surface area contributed by atoms with Crippen molar-refractivity contribution in [2.24, 2.45) is 13.0 Å². The summed E-state index contributed by atoms with van der Waals surface area (Å²) < 4.78 is 1.96. The maximum absolute atomic E-state index is 10.0. The van der Waals surface area contributed by atoms with Crippen LogP contribution in [0.3, 0.4) is 0 Å². The third-order valence-electron chi connectivity index (χ3n) is 2.51. The smallest absolute Gasteiger partial charge is 0.167 e. The largest absolute Gasteiger partial charge is 0.389 e. The third kappa shape index (κ3) is 2.75. The Hall–Kier alpha value is -0.480. The molecule has 1 N–H and O–H groups in total. The molecule has 0 spiro atoms. The Morgan fingerprint density at radius 2 is 2.29 bits per heavy atom. The monoisotopic (exact) mass is 214 g/mol. The van der Waals surface area contributed by atoms with E-state index in [4.69, 9.17) is 0 Å². The van der Waals surface area contributed by atoms with Crippen molar-refractivity contribution in [2.75, 3.05) is 5.75 Å². The normalized spacial score (nSPS) is 15.9. The van der Waals surface area contributed by atoms with E-state index in [2.05, 4.69) is 4.98 Å². The molecule has 1 aromatic rings. The van der Waals surface area contributed by atoms with Gasteiger partial charge in [0.2, 0.25) is 0 Å². The lowest BCUT2D eigenvalue weighted by molar-refractivity contribution is 0.0376. The summed E-state index contributed by atoms with van der Waals surface area (Å²) in [4.78, 5) is 4.19. The van der Waals surface area contributed by atoms with E-state index in [-0.39, 0.29) is 5.92 Å². The highest BCUT2D eigenvalue weighted by Crippen LogP contribution is 2.25. The molecule has 0 amide bonds. The van der Waals surface area contributed by atoms with Crippen molar-refractivity contribution >= 4 is 11.8 Å². The summed E-state index contributed by atoms with van der Waals surface area (Å²) in [5, 5.41) is 11.0. The number of imidazole rings is 1. The first kappa shape index (κ1) is 11.6. The Morgan fingerprint density at radius 3 is 2.71 bits per heavy atom. The summed E-state index contributed by atoms with van der Waals surface area (Å²) in [5.41, 5.74) is -0.628. The van der Waals surface area contributed by atoms with Crippen molar-refractivity contribution in [3.63, 3.8) is 0 Å². The molecule has 0 aromatic carbocycles. The van der Waals surface area contributed by atoms with Gasteiger partial charge in [0, 0.05) is 25.2 Å². The molecule has 0 saturated heterocycles. The molecule has 0 bridgehead atoms. The van der Waals surface area contributed by atoms with Crippen LogP contribution in [0.25, 0.3) is 0 Å². The van der Waals surface area contributed by atoms with Crippen molar-refractivity contribution in [3.8, 4) is 0 Å². The Bertz CT molecular complexity index is 294. The molecule has 80 valence electrons. The summed E-state index contributed by atoms with van der Waals surface area (Å²) >= 11 is 1.59. The van der Waals surface area contributed by atoms with Crippen LogP contribution in [-0.4, -0.2) is 26.0 Å². The number of nitrogens with zero attached hydrogens (tertiary/aromatic N) is 2. The number of thioether (sulfide) groups is 1. The molecule has 0 saturated carbocycles. The molecular weight excluding hydrogens is 196 g/mol. The topological polar surface area (TPSA) is 38.1 Å². The molecule has 0 aliphatic heterocycles. The lowest BCUT2D eigenvalue weighted by Gasteiger charge is -2.26. The first-order chi connectivity index (χ1) is 6.43. The van der Waals surface area contributed by atoms with Crippen LogP contribution in [0.4, 0.5) is 0 Å². The lowest BCUT2D eigenvalue weighted by atomic mass is 9.95. The van der Waals surface area contributed by atoms with E-state index < -0.39 is 5.60 Å². The SMILES string of the molecule is CC(C)C(C)(O)CSc1nccn1C. The van der Waals surface area contributed by atoms with Gasteiger partial charge in [0.1, 0.15) is 0 Å². The van der Waals surface area contributed by atoms with E-state index >= 15 is 0 Å². The van der Waals surface area contributed by atoms with Gasteiger partial charge in [0.25, 0.3) is 0 Å². The highest BCUT2D eigenvalue weighted by Gasteiger charge is 2.25. The van der Waals surface area contributed by atoms with Crippen LogP contribution in [-0.2, 0) is 7.05 Å². The molecule has 0 fully saturated rings. The summed E-state index contributed by atoms with van der Waals surface area (Å²) in [6, 6.07) is 0. The zero-order valence-corrected chi connectivity index (χ0v) is 10.0. The Balaban J connectivity index is 2.53. The average molecular weight is 214 g/mol. The number of aromatic nitrogens is 2. The van der Waals surface area contributed by atoms with Gasteiger partial charge in [-0.3, -0.25) is 0 Å². The predicted octanol–water partition coefficient (Wildman–Crippen LogP) is 1.92. The van der Waals surface area contributed by atoms with Gasteiger partial charge in [0.05, 0.1) is 5.60 Å². The fourth-order valence-corrected chi connectivity index (χ4v) is 2.02. The van der Waals surface area contributed by atoms with E-state index in [0.29, 0.717) is 5.75 Å². The minimum absolute atomic E-state index is 0.260. The number of rotatable bonds is 4. The van der Waals surface area contributed by atoms with Crippen molar-refractivity contribution in [1.29, 1.82) is 0 Å². The van der Waals surface area contributed by atoms with Crippen LogP contribution in [0.5, 0.6) is 0 Å². The van der Waals surface area contributed by atoms with Crippen LogP contribution in [0.1, 0.15) is 20.8 Å². The van der Waals surface area contributed by atoms with E-state index in [1.807, 2.05) is 38.6 Å². The van der Waals surface area contributed by atoms with Crippen LogP contribution < -0.4 is 0 Å². The highest BCUT2D eigenvalue weighted by atomic mass is 32.2. The van der Waals surface area contributed by atoms with Crippen molar-refractivity contribution in [3.05, 3.63) is 12.4 Å². The molecule has 3 nitrogen and oxygen atoms in total. The Morgan fingerprint density at radius 1 is 1.64 bits per heavy atom.